The Bertz CT molecular complexity index is 90.2. The number of nitrogens with zero attached hydrogens (tertiary/aromatic N) is 1. The molecule has 4 heteroatoms. The lowest BCUT2D eigenvalue weighted by Crippen LogP contribution is -2.29. The first-order valence-corrected chi connectivity index (χ1v) is 3.06. The average Bonchev–Trinajstić information content (AvgIpc) is 1.69. The Morgan fingerprint density at radius 1 is 1.86 bits per heavy atom. The van der Waals surface area contributed by atoms with Gasteiger partial charge in [0.05, 0.1) is 6.54 Å². The fraction of sp³-hybridized carbons (Fsp3) is 0.667. The van der Waals surface area contributed by atoms with Crippen molar-refractivity contribution in [3.63, 3.8) is 0 Å². The van der Waals surface area contributed by atoms with Crippen molar-refractivity contribution in [2.24, 2.45) is 10.7 Å². The third-order valence-electron chi connectivity index (χ3n) is 0.652. The minimum absolute atomic E-state index is 0.552. The Morgan fingerprint density at radius 3 is 3.00 bits per heavy atom. The van der Waals surface area contributed by atoms with E-state index < -0.39 is 0 Å². The fourth-order valence-corrected chi connectivity index (χ4v) is 0.866. The molecule has 40 valence electrons. The van der Waals surface area contributed by atoms with Crippen molar-refractivity contribution in [3.8, 4) is 0 Å². The molecule has 0 bridgehead atoms. The summed E-state index contributed by atoms with van der Waals surface area (Å²) < 4.78 is 2.83. The van der Waals surface area contributed by atoms with Crippen LogP contribution in [0, 0.1) is 0 Å². The zero-order chi connectivity index (χ0) is 5.11. The van der Waals surface area contributed by atoms with Crippen LogP contribution < -0.4 is 10.5 Å². The summed E-state index contributed by atoms with van der Waals surface area (Å²) in [6, 6.07) is 0. The van der Waals surface area contributed by atoms with E-state index in [1.54, 1.807) is 11.9 Å². The number of aliphatic imine (C=N–C) groups is 1. The van der Waals surface area contributed by atoms with E-state index in [9.17, 15) is 0 Å². The topological polar surface area (TPSA) is 50.4 Å². The summed E-state index contributed by atoms with van der Waals surface area (Å²) in [6.45, 7) is 0.851. The number of rotatable bonds is 0. The molecule has 0 aromatic heterocycles. The summed E-state index contributed by atoms with van der Waals surface area (Å²) in [5.74, 6) is 1.58. The minimum Gasteiger partial charge on any atom is -0.369 e. The maximum Gasteiger partial charge on any atom is 0.198 e. The monoisotopic (exact) mass is 117 g/mol. The molecule has 0 amide bonds. The number of hydrogen-bond donors (Lipinski definition) is 2. The highest BCUT2D eigenvalue weighted by Crippen LogP contribution is 1.95. The van der Waals surface area contributed by atoms with Crippen LogP contribution in [0.2, 0.25) is 0 Å². The molecule has 7 heavy (non-hydrogen) atoms. The minimum atomic E-state index is 0.552. The van der Waals surface area contributed by atoms with Crippen molar-refractivity contribution in [2.75, 3.05) is 12.3 Å². The zero-order valence-electron chi connectivity index (χ0n) is 3.85. The van der Waals surface area contributed by atoms with Crippen LogP contribution in [-0.4, -0.2) is 18.3 Å². The molecule has 0 saturated heterocycles. The van der Waals surface area contributed by atoms with E-state index in [1.807, 2.05) is 0 Å². The molecule has 0 aromatic rings. The first-order chi connectivity index (χ1) is 3.39. The Balaban J connectivity index is 2.40. The highest BCUT2D eigenvalue weighted by molar-refractivity contribution is 7.98. The predicted molar refractivity (Wildman–Crippen MR) is 32.1 cm³/mol. The van der Waals surface area contributed by atoms with Gasteiger partial charge in [-0.25, -0.2) is 0 Å². The van der Waals surface area contributed by atoms with E-state index in [-0.39, 0.29) is 0 Å². The lowest BCUT2D eigenvalue weighted by atomic mass is 10.8. The van der Waals surface area contributed by atoms with Gasteiger partial charge in [-0.05, 0) is 11.9 Å². The van der Waals surface area contributed by atoms with Crippen LogP contribution >= 0.6 is 11.9 Å². The van der Waals surface area contributed by atoms with E-state index in [2.05, 4.69) is 9.71 Å². The van der Waals surface area contributed by atoms with Crippen molar-refractivity contribution in [1.82, 2.24) is 4.72 Å². The van der Waals surface area contributed by atoms with Gasteiger partial charge in [0.1, 0.15) is 0 Å². The molecule has 3 nitrogen and oxygen atoms in total. The van der Waals surface area contributed by atoms with Crippen molar-refractivity contribution in [1.29, 1.82) is 0 Å². The quantitative estimate of drug-likeness (QED) is 0.423. The van der Waals surface area contributed by atoms with Gasteiger partial charge in [-0.1, -0.05) is 0 Å². The second-order valence-electron chi connectivity index (χ2n) is 1.22. The SMILES string of the molecule is NC1=NCCSN1. The van der Waals surface area contributed by atoms with Crippen molar-refractivity contribution < 1.29 is 0 Å². The molecule has 3 N–H and O–H groups in total. The second-order valence-corrected chi connectivity index (χ2v) is 2.12. The maximum absolute atomic E-state index is 5.25. The van der Waals surface area contributed by atoms with Crippen LogP contribution in [0.3, 0.4) is 0 Å². The standard InChI is InChI=1S/C3H7N3S/c4-3-5-1-2-7-6-3/h1-2H2,(H3,4,5,6). The zero-order valence-corrected chi connectivity index (χ0v) is 4.66. The summed E-state index contributed by atoms with van der Waals surface area (Å²) >= 11 is 1.60. The highest BCUT2D eigenvalue weighted by Gasteiger charge is 1.95. The molecule has 0 aromatic carbocycles. The maximum atomic E-state index is 5.25. The fourth-order valence-electron chi connectivity index (χ4n) is 0.369. The summed E-state index contributed by atoms with van der Waals surface area (Å²) in [5, 5.41) is 0. The Labute approximate surface area is 46.5 Å². The largest absolute Gasteiger partial charge is 0.369 e. The summed E-state index contributed by atoms with van der Waals surface area (Å²) in [5.41, 5.74) is 5.25. The van der Waals surface area contributed by atoms with Crippen LogP contribution in [0.25, 0.3) is 0 Å². The summed E-state index contributed by atoms with van der Waals surface area (Å²) in [4.78, 5) is 3.89. The van der Waals surface area contributed by atoms with E-state index in [4.69, 9.17) is 5.73 Å². The molecule has 0 saturated carbocycles. The van der Waals surface area contributed by atoms with Gasteiger partial charge in [0.2, 0.25) is 0 Å². The third kappa shape index (κ3) is 1.27. The lowest BCUT2D eigenvalue weighted by molar-refractivity contribution is 1.09. The van der Waals surface area contributed by atoms with Crippen molar-refractivity contribution in [3.05, 3.63) is 0 Å². The summed E-state index contributed by atoms with van der Waals surface area (Å²) in [6.07, 6.45) is 0. The van der Waals surface area contributed by atoms with Gasteiger partial charge in [-0.3, -0.25) is 4.99 Å². The van der Waals surface area contributed by atoms with Crippen molar-refractivity contribution in [2.45, 2.75) is 0 Å². The molecule has 0 fully saturated rings. The van der Waals surface area contributed by atoms with Crippen molar-refractivity contribution >= 4 is 17.9 Å². The average molecular weight is 117 g/mol. The van der Waals surface area contributed by atoms with Gasteiger partial charge in [-0.15, -0.1) is 0 Å². The molecule has 1 heterocycles. The molecule has 0 aliphatic carbocycles. The Kier molecular flexibility index (Phi) is 1.41. The molecule has 1 aliphatic rings. The van der Waals surface area contributed by atoms with Crippen LogP contribution in [-0.2, 0) is 0 Å². The molecular formula is C3H7N3S. The Hall–Kier alpha value is -0.380. The van der Waals surface area contributed by atoms with Crippen LogP contribution in [0.15, 0.2) is 4.99 Å². The molecule has 0 radical (unpaired) electrons. The molecule has 1 aliphatic heterocycles. The van der Waals surface area contributed by atoms with Crippen LogP contribution in [0.1, 0.15) is 0 Å². The number of nitrogens with two attached hydrogens (primary N) is 1. The van der Waals surface area contributed by atoms with E-state index >= 15 is 0 Å². The lowest BCUT2D eigenvalue weighted by Gasteiger charge is -2.07. The number of nitrogens with one attached hydrogen (secondary N) is 1. The van der Waals surface area contributed by atoms with Gasteiger partial charge in [-0.2, -0.15) is 0 Å². The Morgan fingerprint density at radius 2 is 2.71 bits per heavy atom. The summed E-state index contributed by atoms with van der Waals surface area (Å²) in [7, 11) is 0. The van der Waals surface area contributed by atoms with Gasteiger partial charge < -0.3 is 10.5 Å². The second kappa shape index (κ2) is 2.07. The van der Waals surface area contributed by atoms with Gasteiger partial charge in [0.15, 0.2) is 5.96 Å². The normalized spacial score (nSPS) is 20.3. The molecule has 1 rings (SSSR count). The predicted octanol–water partition coefficient (Wildman–Crippen LogP) is -0.448. The molecule has 0 unspecified atom stereocenters. The first-order valence-electron chi connectivity index (χ1n) is 2.07. The molecular weight excluding hydrogens is 110 g/mol. The molecule has 0 spiro atoms. The van der Waals surface area contributed by atoms with Crippen LogP contribution in [0.4, 0.5) is 0 Å². The highest BCUT2D eigenvalue weighted by atomic mass is 32.2. The first kappa shape index (κ1) is 4.77. The van der Waals surface area contributed by atoms with E-state index in [0.717, 1.165) is 12.3 Å². The van der Waals surface area contributed by atoms with Gasteiger partial charge in [0.25, 0.3) is 0 Å². The van der Waals surface area contributed by atoms with E-state index in [0.29, 0.717) is 5.96 Å². The number of guanidine groups is 1. The van der Waals surface area contributed by atoms with E-state index in [1.165, 1.54) is 0 Å². The van der Waals surface area contributed by atoms with Gasteiger partial charge in [0, 0.05) is 5.75 Å². The smallest absolute Gasteiger partial charge is 0.198 e. The van der Waals surface area contributed by atoms with Crippen LogP contribution in [0.5, 0.6) is 0 Å². The van der Waals surface area contributed by atoms with Gasteiger partial charge >= 0.3 is 0 Å². The number of hydrogen-bond acceptors (Lipinski definition) is 4. The third-order valence-corrected chi connectivity index (χ3v) is 1.39. The molecule has 0 atom stereocenters.